The highest BCUT2D eigenvalue weighted by molar-refractivity contribution is 9.10. The average Bonchev–Trinajstić information content (AvgIpc) is 3.14. The summed E-state index contributed by atoms with van der Waals surface area (Å²) in [6.45, 7) is 1.61. The van der Waals surface area contributed by atoms with Gasteiger partial charge < -0.3 is 18.7 Å². The fraction of sp³-hybridized carbons (Fsp3) is 0.211. The summed E-state index contributed by atoms with van der Waals surface area (Å²) in [4.78, 5) is 16.6. The Hall–Kier alpha value is -2.87. The molecule has 0 bridgehead atoms. The van der Waals surface area contributed by atoms with Gasteiger partial charge in [0.2, 0.25) is 11.9 Å². The summed E-state index contributed by atoms with van der Waals surface area (Å²) in [6.07, 6.45) is -1.35. The average molecular weight is 431 g/mol. The van der Waals surface area contributed by atoms with E-state index in [9.17, 15) is 4.79 Å². The fourth-order valence-corrected chi connectivity index (χ4v) is 3.05. The van der Waals surface area contributed by atoms with Crippen molar-refractivity contribution < 1.29 is 23.5 Å². The van der Waals surface area contributed by atoms with Crippen LogP contribution in [0.1, 0.15) is 12.8 Å². The van der Waals surface area contributed by atoms with Gasteiger partial charge in [-0.25, -0.2) is 4.79 Å². The minimum Gasteiger partial charge on any atom is -0.482 e. The van der Waals surface area contributed by atoms with Crippen LogP contribution in [-0.2, 0) is 16.1 Å². The zero-order valence-corrected chi connectivity index (χ0v) is 15.9. The van der Waals surface area contributed by atoms with Crippen molar-refractivity contribution in [1.29, 1.82) is 0 Å². The van der Waals surface area contributed by atoms with Gasteiger partial charge in [0.1, 0.15) is 6.10 Å². The highest BCUT2D eigenvalue weighted by atomic mass is 79.9. The van der Waals surface area contributed by atoms with Crippen molar-refractivity contribution in [3.05, 3.63) is 58.9 Å². The van der Waals surface area contributed by atoms with Gasteiger partial charge in [0.15, 0.2) is 18.1 Å². The van der Waals surface area contributed by atoms with Gasteiger partial charge in [-0.2, -0.15) is 4.98 Å². The van der Waals surface area contributed by atoms with Crippen molar-refractivity contribution in [3.63, 3.8) is 0 Å². The molecule has 1 aliphatic heterocycles. The maximum atomic E-state index is 12.4. The third-order valence-electron chi connectivity index (χ3n) is 3.96. The minimum atomic E-state index is -0.868. The molecule has 0 radical (unpaired) electrons. The number of halogens is 1. The Morgan fingerprint density at radius 1 is 1.15 bits per heavy atom. The standard InChI is InChI=1S/C19H15BrN2O5/c1-11-17(26-15-8-3-2-7-14(15)25-11)19(23)24-10-16-21-18(22-27-16)12-5-4-6-13(20)9-12/h2-9,11,17H,10H2,1H3. The van der Waals surface area contributed by atoms with Crippen LogP contribution in [0.3, 0.4) is 0 Å². The Morgan fingerprint density at radius 3 is 2.70 bits per heavy atom. The van der Waals surface area contributed by atoms with E-state index in [1.165, 1.54) is 0 Å². The highest BCUT2D eigenvalue weighted by Crippen LogP contribution is 2.33. The van der Waals surface area contributed by atoms with Crippen LogP contribution in [0.25, 0.3) is 11.4 Å². The van der Waals surface area contributed by atoms with E-state index in [0.29, 0.717) is 17.3 Å². The third-order valence-corrected chi connectivity index (χ3v) is 4.46. The molecule has 1 aliphatic rings. The fourth-order valence-electron chi connectivity index (χ4n) is 2.65. The Balaban J connectivity index is 1.40. The lowest BCUT2D eigenvalue weighted by molar-refractivity contribution is -0.159. The van der Waals surface area contributed by atoms with Crippen LogP contribution in [0.4, 0.5) is 0 Å². The van der Waals surface area contributed by atoms with Gasteiger partial charge in [-0.15, -0.1) is 0 Å². The Morgan fingerprint density at radius 2 is 1.93 bits per heavy atom. The first-order valence-corrected chi connectivity index (χ1v) is 9.07. The summed E-state index contributed by atoms with van der Waals surface area (Å²) < 4.78 is 22.8. The van der Waals surface area contributed by atoms with Gasteiger partial charge >= 0.3 is 5.97 Å². The molecule has 3 aromatic rings. The van der Waals surface area contributed by atoms with Gasteiger partial charge in [0, 0.05) is 10.0 Å². The van der Waals surface area contributed by atoms with Gasteiger partial charge in [-0.1, -0.05) is 45.4 Å². The van der Waals surface area contributed by atoms with Gasteiger partial charge in [-0.05, 0) is 31.2 Å². The van der Waals surface area contributed by atoms with Crippen LogP contribution < -0.4 is 9.47 Å². The Bertz CT molecular complexity index is 974. The van der Waals surface area contributed by atoms with Crippen LogP contribution in [0.5, 0.6) is 11.5 Å². The smallest absolute Gasteiger partial charge is 0.351 e. The molecule has 2 aromatic carbocycles. The molecule has 0 N–H and O–H groups in total. The van der Waals surface area contributed by atoms with Crippen molar-refractivity contribution in [3.8, 4) is 22.9 Å². The normalized spacial score (nSPS) is 18.1. The number of hydrogen-bond donors (Lipinski definition) is 0. The number of esters is 1. The van der Waals surface area contributed by atoms with Crippen LogP contribution in [0.15, 0.2) is 57.5 Å². The van der Waals surface area contributed by atoms with E-state index in [-0.39, 0.29) is 12.5 Å². The van der Waals surface area contributed by atoms with Crippen LogP contribution in [-0.4, -0.2) is 28.3 Å². The monoisotopic (exact) mass is 430 g/mol. The molecule has 27 heavy (non-hydrogen) atoms. The number of nitrogens with zero attached hydrogens (tertiary/aromatic N) is 2. The molecule has 0 saturated heterocycles. The molecule has 2 atom stereocenters. The van der Waals surface area contributed by atoms with Gasteiger partial charge in [0.05, 0.1) is 0 Å². The van der Waals surface area contributed by atoms with E-state index in [1.54, 1.807) is 19.1 Å². The number of para-hydroxylation sites is 2. The lowest BCUT2D eigenvalue weighted by Gasteiger charge is -2.30. The zero-order chi connectivity index (χ0) is 18.8. The zero-order valence-electron chi connectivity index (χ0n) is 14.3. The highest BCUT2D eigenvalue weighted by Gasteiger charge is 2.35. The number of carbonyl (C=O) groups excluding carboxylic acids is 1. The largest absolute Gasteiger partial charge is 0.482 e. The van der Waals surface area contributed by atoms with Crippen molar-refractivity contribution in [1.82, 2.24) is 10.1 Å². The van der Waals surface area contributed by atoms with E-state index in [2.05, 4.69) is 26.1 Å². The Labute approximate surface area is 163 Å². The molecule has 0 fully saturated rings. The number of benzene rings is 2. The summed E-state index contributed by atoms with van der Waals surface area (Å²) in [5.74, 6) is 1.17. The number of aromatic nitrogens is 2. The first-order chi connectivity index (χ1) is 13.1. The van der Waals surface area contributed by atoms with Crippen LogP contribution in [0, 0.1) is 0 Å². The quantitative estimate of drug-likeness (QED) is 0.582. The molecule has 138 valence electrons. The van der Waals surface area contributed by atoms with E-state index in [4.69, 9.17) is 18.7 Å². The Kier molecular flexibility index (Phi) is 4.81. The maximum absolute atomic E-state index is 12.4. The molecular formula is C19H15BrN2O5. The third kappa shape index (κ3) is 3.80. The first kappa shape index (κ1) is 17.5. The number of fused-ring (bicyclic) bond motifs is 1. The van der Waals surface area contributed by atoms with E-state index < -0.39 is 18.2 Å². The number of ether oxygens (including phenoxy) is 3. The predicted octanol–water partition coefficient (Wildman–Crippen LogP) is 3.77. The summed E-state index contributed by atoms with van der Waals surface area (Å²) in [5.41, 5.74) is 0.792. The second-order valence-electron chi connectivity index (χ2n) is 5.94. The van der Waals surface area contributed by atoms with E-state index in [0.717, 1.165) is 10.0 Å². The molecule has 0 amide bonds. The molecule has 2 unspecified atom stereocenters. The van der Waals surface area contributed by atoms with E-state index >= 15 is 0 Å². The molecule has 7 nitrogen and oxygen atoms in total. The molecule has 1 aromatic heterocycles. The van der Waals surface area contributed by atoms with Crippen LogP contribution in [0.2, 0.25) is 0 Å². The minimum absolute atomic E-state index is 0.145. The topological polar surface area (TPSA) is 83.7 Å². The molecule has 2 heterocycles. The second kappa shape index (κ2) is 7.40. The molecule has 4 rings (SSSR count). The van der Waals surface area contributed by atoms with Gasteiger partial charge in [-0.3, -0.25) is 0 Å². The summed E-state index contributed by atoms with van der Waals surface area (Å²) in [7, 11) is 0. The van der Waals surface area contributed by atoms with Crippen molar-refractivity contribution in [2.75, 3.05) is 0 Å². The summed E-state index contributed by atoms with van der Waals surface area (Å²) in [6, 6.07) is 14.7. The lowest BCUT2D eigenvalue weighted by atomic mass is 10.2. The molecule has 8 heteroatoms. The summed E-state index contributed by atoms with van der Waals surface area (Å²) >= 11 is 3.40. The maximum Gasteiger partial charge on any atom is 0.351 e. The molecule has 0 spiro atoms. The summed E-state index contributed by atoms with van der Waals surface area (Å²) in [5, 5.41) is 3.91. The van der Waals surface area contributed by atoms with E-state index in [1.807, 2.05) is 36.4 Å². The number of hydrogen-bond acceptors (Lipinski definition) is 7. The predicted molar refractivity (Wildman–Crippen MR) is 98.2 cm³/mol. The van der Waals surface area contributed by atoms with Crippen molar-refractivity contribution >= 4 is 21.9 Å². The second-order valence-corrected chi connectivity index (χ2v) is 6.85. The number of carbonyl (C=O) groups is 1. The molecule has 0 aliphatic carbocycles. The van der Waals surface area contributed by atoms with Crippen LogP contribution >= 0.6 is 15.9 Å². The molecule has 0 saturated carbocycles. The molecular weight excluding hydrogens is 416 g/mol. The lowest BCUT2D eigenvalue weighted by Crippen LogP contribution is -2.44. The SMILES string of the molecule is CC1Oc2ccccc2OC1C(=O)OCc1nc(-c2cccc(Br)c2)no1. The van der Waals surface area contributed by atoms with Gasteiger partial charge in [0.25, 0.3) is 5.89 Å². The first-order valence-electron chi connectivity index (χ1n) is 8.27. The van der Waals surface area contributed by atoms with Crippen molar-refractivity contribution in [2.24, 2.45) is 0 Å². The number of rotatable bonds is 4. The van der Waals surface area contributed by atoms with Crippen molar-refractivity contribution in [2.45, 2.75) is 25.7 Å².